The summed E-state index contributed by atoms with van der Waals surface area (Å²) in [6, 6.07) is 0. The largest absolute Gasteiger partial charge is 1.00 e. The number of aliphatic hydroxyl groups excluding tert-OH is 1. The van der Waals surface area contributed by atoms with Gasteiger partial charge in [-0.25, -0.2) is 0 Å². The van der Waals surface area contributed by atoms with Crippen LogP contribution in [-0.2, 0) is 9.59 Å². The highest BCUT2D eigenvalue weighted by Gasteiger charge is 2.41. The first-order chi connectivity index (χ1) is 11.0. The standard InChI is InChI=1S/C17H33N3O3.2CH4.ClH/c1-15(21)7-3-4-8-17(23)19-10-6-12-20(11-5-9-18-2)13-16(22)14-20;;;/h16,18,22H,3-14H2,1-2H3;2*1H4;1H. The number of nitrogens with zero attached hydrogens (tertiary/aromatic N) is 1. The van der Waals surface area contributed by atoms with Crippen LogP contribution in [-0.4, -0.2) is 73.7 Å². The molecule has 0 radical (unpaired) electrons. The molecule has 26 heavy (non-hydrogen) atoms. The number of carbonyl (C=O) groups is 2. The molecule has 0 saturated carbocycles. The van der Waals surface area contributed by atoms with Gasteiger partial charge in [0.15, 0.2) is 6.10 Å². The van der Waals surface area contributed by atoms with Gasteiger partial charge >= 0.3 is 0 Å². The van der Waals surface area contributed by atoms with E-state index in [1.807, 2.05) is 7.05 Å². The third-order valence-corrected chi connectivity index (χ3v) is 4.57. The molecule has 3 N–H and O–H groups in total. The van der Waals surface area contributed by atoms with E-state index in [4.69, 9.17) is 0 Å². The number of quaternary nitrogens is 1. The second-order valence-corrected chi connectivity index (χ2v) is 6.88. The van der Waals surface area contributed by atoms with Crippen LogP contribution < -0.4 is 23.0 Å². The van der Waals surface area contributed by atoms with Gasteiger partial charge in [0.1, 0.15) is 18.9 Å². The normalized spacial score (nSPS) is 20.7. The fraction of sp³-hybridized carbons (Fsp3) is 0.895. The van der Waals surface area contributed by atoms with Gasteiger partial charge in [0.2, 0.25) is 5.91 Å². The molecule has 1 aliphatic rings. The van der Waals surface area contributed by atoms with Gasteiger partial charge in [-0.05, 0) is 26.8 Å². The van der Waals surface area contributed by atoms with Gasteiger partial charge in [0.25, 0.3) is 0 Å². The summed E-state index contributed by atoms with van der Waals surface area (Å²) in [4.78, 5) is 22.5. The molecule has 1 amide bonds. The van der Waals surface area contributed by atoms with E-state index in [2.05, 4.69) is 10.6 Å². The lowest BCUT2D eigenvalue weighted by molar-refractivity contribution is -0.972. The molecule has 0 aliphatic carbocycles. The zero-order valence-corrected chi connectivity index (χ0v) is 15.9. The summed E-state index contributed by atoms with van der Waals surface area (Å²) in [7, 11) is 1.96. The number of Topliss-reactive ketones (excluding diaryl/α,β-unsaturated/α-hetero) is 1. The minimum atomic E-state index is -0.152. The predicted molar refractivity (Wildman–Crippen MR) is 105 cm³/mol. The molecule has 0 aromatic rings. The number of likely N-dealkylation sites (tertiary alicyclic amines) is 1. The van der Waals surface area contributed by atoms with Crippen molar-refractivity contribution in [3.05, 3.63) is 0 Å². The maximum Gasteiger partial charge on any atom is 0.219 e. The van der Waals surface area contributed by atoms with E-state index in [0.29, 0.717) is 19.4 Å². The zero-order chi connectivity index (χ0) is 17.1. The van der Waals surface area contributed by atoms with E-state index in [0.717, 1.165) is 62.9 Å². The van der Waals surface area contributed by atoms with Gasteiger partial charge in [0, 0.05) is 38.8 Å². The van der Waals surface area contributed by atoms with Gasteiger partial charge in [-0.2, -0.15) is 0 Å². The van der Waals surface area contributed by atoms with E-state index in [1.165, 1.54) is 0 Å². The molecular weight excluding hydrogens is 354 g/mol. The fourth-order valence-corrected chi connectivity index (χ4v) is 3.30. The zero-order valence-electron chi connectivity index (χ0n) is 15.2. The van der Waals surface area contributed by atoms with Crippen molar-refractivity contribution in [2.75, 3.05) is 46.3 Å². The number of aliphatic hydroxyl groups is 1. The highest BCUT2D eigenvalue weighted by Crippen LogP contribution is 2.21. The maximum absolute atomic E-state index is 11.7. The van der Waals surface area contributed by atoms with Gasteiger partial charge in [-0.1, -0.05) is 14.9 Å². The Morgan fingerprint density at radius 1 is 1.00 bits per heavy atom. The molecule has 1 rings (SSSR count). The summed E-state index contributed by atoms with van der Waals surface area (Å²) in [6.07, 6.45) is 4.57. The number of halogens is 1. The molecule has 1 heterocycles. The Balaban J connectivity index is -0.00000176. The van der Waals surface area contributed by atoms with Crippen molar-refractivity contribution in [3.8, 4) is 0 Å². The minimum Gasteiger partial charge on any atom is -1.00 e. The first-order valence-electron chi connectivity index (χ1n) is 8.91. The van der Waals surface area contributed by atoms with E-state index >= 15 is 0 Å². The SMILES string of the molecule is C.C.CNCCC[N+]1(CCCNC(=O)CCCCC(C)=O)CC(O)C1.[Cl-]. The van der Waals surface area contributed by atoms with E-state index < -0.39 is 0 Å². The van der Waals surface area contributed by atoms with E-state index in [1.54, 1.807) is 6.92 Å². The number of hydrogen-bond acceptors (Lipinski definition) is 4. The molecule has 158 valence electrons. The first kappa shape index (κ1) is 30.1. The molecule has 0 aromatic heterocycles. The van der Waals surface area contributed by atoms with Crippen LogP contribution in [0.25, 0.3) is 0 Å². The second-order valence-electron chi connectivity index (χ2n) is 6.88. The van der Waals surface area contributed by atoms with Crippen molar-refractivity contribution in [2.45, 2.75) is 66.4 Å². The third-order valence-electron chi connectivity index (χ3n) is 4.57. The van der Waals surface area contributed by atoms with E-state index in [9.17, 15) is 14.7 Å². The van der Waals surface area contributed by atoms with Crippen molar-refractivity contribution >= 4 is 11.7 Å². The molecule has 6 nitrogen and oxygen atoms in total. The lowest BCUT2D eigenvalue weighted by Gasteiger charge is -2.48. The van der Waals surface area contributed by atoms with Crippen molar-refractivity contribution in [2.24, 2.45) is 0 Å². The predicted octanol–water partition coefficient (Wildman–Crippen LogP) is -1.28. The van der Waals surface area contributed by atoms with Crippen LogP contribution in [0.1, 0.15) is 60.3 Å². The summed E-state index contributed by atoms with van der Waals surface area (Å²) >= 11 is 0. The number of hydrogen-bond donors (Lipinski definition) is 3. The molecule has 0 atom stereocenters. The molecular formula is C19H42ClN3O3. The second kappa shape index (κ2) is 16.5. The highest BCUT2D eigenvalue weighted by molar-refractivity contribution is 5.76. The van der Waals surface area contributed by atoms with Crippen LogP contribution in [0.4, 0.5) is 0 Å². The monoisotopic (exact) mass is 395 g/mol. The van der Waals surface area contributed by atoms with Crippen molar-refractivity contribution in [1.82, 2.24) is 10.6 Å². The Morgan fingerprint density at radius 3 is 2.04 bits per heavy atom. The Hall–Kier alpha value is -0.690. The lowest BCUT2D eigenvalue weighted by atomic mass is 10.0. The topological polar surface area (TPSA) is 78.4 Å². The Labute approximate surface area is 167 Å². The molecule has 1 aliphatic heterocycles. The molecule has 7 heteroatoms. The molecule has 0 bridgehead atoms. The Kier molecular flexibility index (Phi) is 19.0. The Morgan fingerprint density at radius 2 is 1.54 bits per heavy atom. The first-order valence-corrected chi connectivity index (χ1v) is 8.91. The third kappa shape index (κ3) is 12.6. The van der Waals surface area contributed by atoms with Crippen molar-refractivity contribution in [1.29, 1.82) is 0 Å². The summed E-state index contributed by atoms with van der Waals surface area (Å²) in [6.45, 7) is 7.11. The quantitative estimate of drug-likeness (QED) is 0.268. The van der Waals surface area contributed by atoms with Gasteiger partial charge in [-0.15, -0.1) is 0 Å². The van der Waals surface area contributed by atoms with Crippen LogP contribution in [0.15, 0.2) is 0 Å². The smallest absolute Gasteiger partial charge is 0.219 e. The average Bonchev–Trinajstić information content (AvgIpc) is 2.46. The number of rotatable bonds is 13. The van der Waals surface area contributed by atoms with Crippen LogP contribution in [0.3, 0.4) is 0 Å². The van der Waals surface area contributed by atoms with Crippen LogP contribution in [0, 0.1) is 0 Å². The molecule has 0 spiro atoms. The van der Waals surface area contributed by atoms with E-state index in [-0.39, 0.29) is 45.1 Å². The number of carbonyl (C=O) groups excluding carboxylic acids is 2. The molecule has 0 unspecified atom stereocenters. The summed E-state index contributed by atoms with van der Waals surface area (Å²) in [5, 5.41) is 15.7. The Bertz CT molecular complexity index is 375. The van der Waals surface area contributed by atoms with Crippen molar-refractivity contribution < 1.29 is 31.6 Å². The van der Waals surface area contributed by atoms with Crippen LogP contribution >= 0.6 is 0 Å². The maximum atomic E-state index is 11.7. The number of amides is 1. The summed E-state index contributed by atoms with van der Waals surface area (Å²) < 4.78 is 0.983. The molecule has 1 saturated heterocycles. The summed E-state index contributed by atoms with van der Waals surface area (Å²) in [5.74, 6) is 0.272. The molecule has 0 aromatic carbocycles. The van der Waals surface area contributed by atoms with Gasteiger partial charge < -0.3 is 37.4 Å². The van der Waals surface area contributed by atoms with Gasteiger partial charge in [-0.3, -0.25) is 4.79 Å². The average molecular weight is 396 g/mol. The highest BCUT2D eigenvalue weighted by atomic mass is 35.5. The number of unbranched alkanes of at least 4 members (excludes halogenated alkanes) is 1. The summed E-state index contributed by atoms with van der Waals surface area (Å²) in [5.41, 5.74) is 0. The minimum absolute atomic E-state index is 0. The number of nitrogens with one attached hydrogen (secondary N) is 2. The van der Waals surface area contributed by atoms with Crippen molar-refractivity contribution in [3.63, 3.8) is 0 Å². The molecule has 1 fully saturated rings. The van der Waals surface area contributed by atoms with Crippen LogP contribution in [0.2, 0.25) is 0 Å². The lowest BCUT2D eigenvalue weighted by Crippen LogP contribution is -3.00. The van der Waals surface area contributed by atoms with Gasteiger partial charge in [0.05, 0.1) is 13.1 Å². The fourth-order valence-electron chi connectivity index (χ4n) is 3.30. The van der Waals surface area contributed by atoms with Crippen LogP contribution in [0.5, 0.6) is 0 Å². The number of ketones is 1.